The standard InChI is InChI=1S/C24H24N2O5S/c1-15-9-12-20(17(3)13-15)26-32(29,30)22-14-18(11-10-16(22)2)23(27)25-21-8-6-5-7-19(21)24(28)31-4/h5-14,26H,1-4H3,(H,25,27). The van der Waals surface area contributed by atoms with E-state index in [4.69, 9.17) is 4.74 Å². The van der Waals surface area contributed by atoms with E-state index in [1.807, 2.05) is 26.0 Å². The zero-order valence-electron chi connectivity index (χ0n) is 18.2. The molecule has 32 heavy (non-hydrogen) atoms. The molecular formula is C24H24N2O5S. The Balaban J connectivity index is 1.92. The Morgan fingerprint density at radius 1 is 0.844 bits per heavy atom. The van der Waals surface area contributed by atoms with Gasteiger partial charge in [0.25, 0.3) is 15.9 Å². The molecule has 0 atom stereocenters. The van der Waals surface area contributed by atoms with E-state index in [1.54, 1.807) is 37.3 Å². The lowest BCUT2D eigenvalue weighted by molar-refractivity contribution is 0.0602. The van der Waals surface area contributed by atoms with Gasteiger partial charge in [0, 0.05) is 5.56 Å². The highest BCUT2D eigenvalue weighted by atomic mass is 32.2. The van der Waals surface area contributed by atoms with Crippen LogP contribution in [0.3, 0.4) is 0 Å². The third kappa shape index (κ3) is 4.97. The van der Waals surface area contributed by atoms with E-state index in [9.17, 15) is 18.0 Å². The molecule has 0 fully saturated rings. The first-order chi connectivity index (χ1) is 15.1. The molecule has 0 aromatic heterocycles. The van der Waals surface area contributed by atoms with Crippen molar-refractivity contribution < 1.29 is 22.7 Å². The fraction of sp³-hybridized carbons (Fsp3) is 0.167. The van der Waals surface area contributed by atoms with Crippen LogP contribution in [0.15, 0.2) is 65.6 Å². The van der Waals surface area contributed by atoms with Crippen molar-refractivity contribution in [1.29, 1.82) is 0 Å². The third-order valence-corrected chi connectivity index (χ3v) is 6.45. The summed E-state index contributed by atoms with van der Waals surface area (Å²) < 4.78 is 33.5. The van der Waals surface area contributed by atoms with Crippen molar-refractivity contribution in [3.05, 3.63) is 88.5 Å². The van der Waals surface area contributed by atoms with Crippen molar-refractivity contribution in [2.75, 3.05) is 17.1 Å². The minimum atomic E-state index is -3.94. The molecule has 0 unspecified atom stereocenters. The molecule has 3 aromatic rings. The minimum absolute atomic E-state index is 0.00798. The summed E-state index contributed by atoms with van der Waals surface area (Å²) in [5.74, 6) is -1.14. The van der Waals surface area contributed by atoms with E-state index in [0.29, 0.717) is 11.3 Å². The monoisotopic (exact) mass is 452 g/mol. The van der Waals surface area contributed by atoms with Crippen molar-refractivity contribution in [1.82, 2.24) is 0 Å². The maximum atomic E-state index is 13.1. The van der Waals surface area contributed by atoms with Crippen molar-refractivity contribution in [2.45, 2.75) is 25.7 Å². The molecule has 0 aliphatic heterocycles. The highest BCUT2D eigenvalue weighted by molar-refractivity contribution is 7.92. The number of carbonyl (C=O) groups is 2. The quantitative estimate of drug-likeness (QED) is 0.538. The van der Waals surface area contributed by atoms with Crippen LogP contribution in [0.1, 0.15) is 37.4 Å². The number of benzene rings is 3. The van der Waals surface area contributed by atoms with Gasteiger partial charge < -0.3 is 10.1 Å². The predicted molar refractivity (Wildman–Crippen MR) is 124 cm³/mol. The van der Waals surface area contributed by atoms with Crippen LogP contribution in [0.4, 0.5) is 11.4 Å². The Kier molecular flexibility index (Phi) is 6.64. The molecule has 0 spiro atoms. The number of hydrogen-bond donors (Lipinski definition) is 2. The summed E-state index contributed by atoms with van der Waals surface area (Å²) in [6.45, 7) is 5.40. The molecule has 0 aliphatic carbocycles. The van der Waals surface area contributed by atoms with E-state index in [0.717, 1.165) is 11.1 Å². The zero-order chi connectivity index (χ0) is 23.5. The van der Waals surface area contributed by atoms with Gasteiger partial charge in [-0.2, -0.15) is 0 Å². The summed E-state index contributed by atoms with van der Waals surface area (Å²) in [6, 6.07) is 16.2. The molecule has 3 aromatic carbocycles. The second-order valence-electron chi connectivity index (χ2n) is 7.40. The average molecular weight is 453 g/mol. The first-order valence-corrected chi connectivity index (χ1v) is 11.3. The van der Waals surface area contributed by atoms with Gasteiger partial charge in [-0.3, -0.25) is 9.52 Å². The van der Waals surface area contributed by atoms with E-state index < -0.39 is 21.9 Å². The average Bonchev–Trinajstić information content (AvgIpc) is 2.75. The molecule has 2 N–H and O–H groups in total. The van der Waals surface area contributed by atoms with Gasteiger partial charge in [-0.05, 0) is 62.2 Å². The number of rotatable bonds is 6. The van der Waals surface area contributed by atoms with Gasteiger partial charge in [0.2, 0.25) is 0 Å². The van der Waals surface area contributed by atoms with Crippen molar-refractivity contribution >= 4 is 33.3 Å². The molecule has 3 rings (SSSR count). The van der Waals surface area contributed by atoms with Gasteiger partial charge >= 0.3 is 5.97 Å². The lowest BCUT2D eigenvalue weighted by Gasteiger charge is -2.14. The first-order valence-electron chi connectivity index (χ1n) is 9.82. The van der Waals surface area contributed by atoms with Gasteiger partial charge in [0.1, 0.15) is 0 Å². The summed E-state index contributed by atoms with van der Waals surface area (Å²) >= 11 is 0. The maximum Gasteiger partial charge on any atom is 0.339 e. The second-order valence-corrected chi connectivity index (χ2v) is 9.05. The van der Waals surface area contributed by atoms with Gasteiger partial charge in [-0.15, -0.1) is 0 Å². The number of hydrogen-bond acceptors (Lipinski definition) is 5. The Bertz CT molecular complexity index is 1300. The number of para-hydroxylation sites is 1. The Labute approximate surface area is 187 Å². The molecule has 1 amide bonds. The third-order valence-electron chi connectivity index (χ3n) is 4.95. The zero-order valence-corrected chi connectivity index (χ0v) is 19.0. The number of amides is 1. The second kappa shape index (κ2) is 9.23. The lowest BCUT2D eigenvalue weighted by atomic mass is 10.1. The molecule has 0 saturated carbocycles. The summed E-state index contributed by atoms with van der Waals surface area (Å²) in [5, 5.41) is 2.65. The predicted octanol–water partition coefficient (Wildman–Crippen LogP) is 4.45. The van der Waals surface area contributed by atoms with E-state index in [-0.39, 0.29) is 21.7 Å². The molecule has 7 nitrogen and oxygen atoms in total. The minimum Gasteiger partial charge on any atom is -0.465 e. The molecule has 8 heteroatoms. The van der Waals surface area contributed by atoms with Crippen LogP contribution in [-0.2, 0) is 14.8 Å². The van der Waals surface area contributed by atoms with Crippen LogP contribution in [0.5, 0.6) is 0 Å². The Morgan fingerprint density at radius 3 is 2.25 bits per heavy atom. The SMILES string of the molecule is COC(=O)c1ccccc1NC(=O)c1ccc(C)c(S(=O)(=O)Nc2ccc(C)cc2C)c1. The van der Waals surface area contributed by atoms with E-state index >= 15 is 0 Å². The van der Waals surface area contributed by atoms with Crippen molar-refractivity contribution in [2.24, 2.45) is 0 Å². The van der Waals surface area contributed by atoms with Crippen LogP contribution < -0.4 is 10.0 Å². The van der Waals surface area contributed by atoms with Gasteiger partial charge in [0.15, 0.2) is 0 Å². The number of ether oxygens (including phenoxy) is 1. The normalized spacial score (nSPS) is 11.0. The maximum absolute atomic E-state index is 13.1. The molecule has 166 valence electrons. The van der Waals surface area contributed by atoms with Gasteiger partial charge in [-0.1, -0.05) is 35.9 Å². The van der Waals surface area contributed by atoms with E-state index in [2.05, 4.69) is 10.0 Å². The van der Waals surface area contributed by atoms with Crippen LogP contribution in [0, 0.1) is 20.8 Å². The summed E-state index contributed by atoms with van der Waals surface area (Å²) in [7, 11) is -2.69. The number of nitrogens with one attached hydrogen (secondary N) is 2. The molecule has 0 saturated heterocycles. The molecule has 0 radical (unpaired) electrons. The summed E-state index contributed by atoms with van der Waals surface area (Å²) in [6.07, 6.45) is 0. The lowest BCUT2D eigenvalue weighted by Crippen LogP contribution is -2.18. The highest BCUT2D eigenvalue weighted by Gasteiger charge is 2.21. The topological polar surface area (TPSA) is 102 Å². The molecule has 0 heterocycles. The van der Waals surface area contributed by atoms with Crippen LogP contribution >= 0.6 is 0 Å². The smallest absolute Gasteiger partial charge is 0.339 e. The van der Waals surface area contributed by atoms with Crippen molar-refractivity contribution in [3.63, 3.8) is 0 Å². The van der Waals surface area contributed by atoms with Gasteiger partial charge in [-0.25, -0.2) is 13.2 Å². The van der Waals surface area contributed by atoms with Crippen LogP contribution in [0.2, 0.25) is 0 Å². The number of carbonyl (C=O) groups excluding carboxylic acids is 2. The molecular weight excluding hydrogens is 428 g/mol. The Morgan fingerprint density at radius 2 is 1.56 bits per heavy atom. The highest BCUT2D eigenvalue weighted by Crippen LogP contribution is 2.24. The molecule has 0 bridgehead atoms. The summed E-state index contributed by atoms with van der Waals surface area (Å²) in [5.41, 5.74) is 3.37. The Hall–Kier alpha value is -3.65. The fourth-order valence-corrected chi connectivity index (χ4v) is 4.64. The van der Waals surface area contributed by atoms with Crippen LogP contribution in [0.25, 0.3) is 0 Å². The fourth-order valence-electron chi connectivity index (χ4n) is 3.23. The van der Waals surface area contributed by atoms with E-state index in [1.165, 1.54) is 25.3 Å². The van der Waals surface area contributed by atoms with Crippen molar-refractivity contribution in [3.8, 4) is 0 Å². The van der Waals surface area contributed by atoms with Crippen LogP contribution in [-0.4, -0.2) is 27.4 Å². The number of methoxy groups -OCH3 is 1. The number of anilines is 2. The number of sulfonamides is 1. The summed E-state index contributed by atoms with van der Waals surface area (Å²) in [4.78, 5) is 24.8. The number of aryl methyl sites for hydroxylation is 3. The first kappa shape index (κ1) is 23.0. The molecule has 0 aliphatic rings. The largest absolute Gasteiger partial charge is 0.465 e. The van der Waals surface area contributed by atoms with Gasteiger partial charge in [0.05, 0.1) is 28.9 Å². The number of esters is 1.